The minimum absolute atomic E-state index is 0.660. The van der Waals surface area contributed by atoms with Gasteiger partial charge in [0.05, 0.1) is 0 Å². The summed E-state index contributed by atoms with van der Waals surface area (Å²) in [6, 6.07) is 0. The number of hydrogen-bond donors (Lipinski definition) is 0. The van der Waals surface area contributed by atoms with E-state index in [1.807, 2.05) is 6.92 Å². The minimum Gasteiger partial charge on any atom is -0.0961 e. The first-order chi connectivity index (χ1) is 7.92. The first-order valence-corrected chi connectivity index (χ1v) is 6.63. The summed E-state index contributed by atoms with van der Waals surface area (Å²) in [4.78, 5) is 0. The first-order valence-electron chi connectivity index (χ1n) is 6.63. The van der Waals surface area contributed by atoms with Gasteiger partial charge >= 0.3 is 0 Å². The normalized spacial score (nSPS) is 16.0. The summed E-state index contributed by atoms with van der Waals surface area (Å²) >= 11 is 0. The third kappa shape index (κ3) is 6.31. The molecule has 17 heavy (non-hydrogen) atoms. The predicted molar refractivity (Wildman–Crippen MR) is 80.2 cm³/mol. The Bertz CT molecular complexity index is 337. The smallest absolute Gasteiger partial charge is 0.0234 e. The van der Waals surface area contributed by atoms with Crippen LogP contribution < -0.4 is 0 Å². The molecule has 0 aliphatic heterocycles. The molecule has 0 heterocycles. The van der Waals surface area contributed by atoms with Gasteiger partial charge in [-0.1, -0.05) is 62.3 Å². The van der Waals surface area contributed by atoms with E-state index in [0.29, 0.717) is 5.92 Å². The molecule has 0 saturated heterocycles. The Balaban J connectivity index is 5.17. The van der Waals surface area contributed by atoms with Crippen LogP contribution in [0.2, 0.25) is 0 Å². The average molecular weight is 232 g/mol. The summed E-state index contributed by atoms with van der Waals surface area (Å²) in [6.07, 6.45) is 8.90. The molecule has 1 atom stereocenters. The summed E-state index contributed by atoms with van der Waals surface area (Å²) in [6.45, 7) is 17.1. The zero-order valence-corrected chi connectivity index (χ0v) is 12.4. The van der Waals surface area contributed by atoms with Gasteiger partial charge in [-0.05, 0) is 45.1 Å². The van der Waals surface area contributed by atoms with E-state index in [-0.39, 0.29) is 0 Å². The van der Waals surface area contributed by atoms with Crippen molar-refractivity contribution in [2.45, 2.75) is 54.4 Å². The topological polar surface area (TPSA) is 0 Å². The molecule has 0 aromatic heterocycles. The van der Waals surface area contributed by atoms with Crippen molar-refractivity contribution in [2.75, 3.05) is 0 Å². The van der Waals surface area contributed by atoms with E-state index in [0.717, 1.165) is 12.0 Å². The van der Waals surface area contributed by atoms with Gasteiger partial charge in [0.1, 0.15) is 0 Å². The highest BCUT2D eigenvalue weighted by Gasteiger charge is 2.02. The Kier molecular flexibility index (Phi) is 7.61. The second-order valence-corrected chi connectivity index (χ2v) is 4.97. The standard InChI is InChI=1S/C17H28/c1-8-14(5)16(7)12-17(15(6)9-2)11-10-13(3)4/h10-12,14H,3,8-9H2,1-2,4-7H3. The summed E-state index contributed by atoms with van der Waals surface area (Å²) in [5, 5.41) is 0. The molecule has 96 valence electrons. The second-order valence-electron chi connectivity index (χ2n) is 4.97. The van der Waals surface area contributed by atoms with Crippen molar-refractivity contribution >= 4 is 0 Å². The van der Waals surface area contributed by atoms with Crippen LogP contribution >= 0.6 is 0 Å². The lowest BCUT2D eigenvalue weighted by atomic mass is 9.95. The van der Waals surface area contributed by atoms with E-state index in [1.165, 1.54) is 23.1 Å². The minimum atomic E-state index is 0.660. The van der Waals surface area contributed by atoms with Crippen LogP contribution in [0.25, 0.3) is 0 Å². The van der Waals surface area contributed by atoms with Crippen LogP contribution in [-0.2, 0) is 0 Å². The van der Waals surface area contributed by atoms with Gasteiger partial charge in [-0.3, -0.25) is 0 Å². The van der Waals surface area contributed by atoms with Crippen molar-refractivity contribution in [1.29, 1.82) is 0 Å². The van der Waals surface area contributed by atoms with E-state index < -0.39 is 0 Å². The molecular formula is C17H28. The SMILES string of the molecule is C=C(C)C=CC(C=C(C)C(C)CC)=C(C)CC. The third-order valence-electron chi connectivity index (χ3n) is 3.34. The van der Waals surface area contributed by atoms with Crippen LogP contribution in [0, 0.1) is 5.92 Å². The molecule has 0 aliphatic rings. The Hall–Kier alpha value is -1.04. The molecule has 0 rings (SSSR count). The summed E-state index contributed by atoms with van der Waals surface area (Å²) < 4.78 is 0. The lowest BCUT2D eigenvalue weighted by Gasteiger charge is -2.11. The van der Waals surface area contributed by atoms with Crippen LogP contribution in [0.15, 0.2) is 47.1 Å². The van der Waals surface area contributed by atoms with Gasteiger partial charge in [0.2, 0.25) is 0 Å². The van der Waals surface area contributed by atoms with Crippen molar-refractivity contribution in [3.05, 3.63) is 47.1 Å². The van der Waals surface area contributed by atoms with E-state index in [1.54, 1.807) is 0 Å². The lowest BCUT2D eigenvalue weighted by molar-refractivity contribution is 0.655. The molecule has 0 aromatic rings. The highest BCUT2D eigenvalue weighted by atomic mass is 14.1. The largest absolute Gasteiger partial charge is 0.0961 e. The fraction of sp³-hybridized carbons (Fsp3) is 0.529. The van der Waals surface area contributed by atoms with Crippen LogP contribution in [0.4, 0.5) is 0 Å². The molecule has 1 unspecified atom stereocenters. The van der Waals surface area contributed by atoms with Crippen LogP contribution in [-0.4, -0.2) is 0 Å². The predicted octanol–water partition coefficient (Wildman–Crippen LogP) is 5.84. The third-order valence-corrected chi connectivity index (χ3v) is 3.34. The maximum atomic E-state index is 3.91. The van der Waals surface area contributed by atoms with Gasteiger partial charge in [-0.25, -0.2) is 0 Å². The van der Waals surface area contributed by atoms with Gasteiger partial charge in [-0.15, -0.1) is 0 Å². The number of hydrogen-bond acceptors (Lipinski definition) is 0. The maximum Gasteiger partial charge on any atom is -0.0234 e. The molecule has 0 nitrogen and oxygen atoms in total. The Morgan fingerprint density at radius 3 is 2.12 bits per heavy atom. The molecule has 0 radical (unpaired) electrons. The van der Waals surface area contributed by atoms with E-state index in [2.05, 4.69) is 59.4 Å². The van der Waals surface area contributed by atoms with Crippen molar-refractivity contribution in [1.82, 2.24) is 0 Å². The monoisotopic (exact) mass is 232 g/mol. The van der Waals surface area contributed by atoms with E-state index in [9.17, 15) is 0 Å². The Morgan fingerprint density at radius 2 is 1.71 bits per heavy atom. The molecule has 0 N–H and O–H groups in total. The van der Waals surface area contributed by atoms with Crippen molar-refractivity contribution in [3.8, 4) is 0 Å². The van der Waals surface area contributed by atoms with Gasteiger partial charge in [0.15, 0.2) is 0 Å². The lowest BCUT2D eigenvalue weighted by Crippen LogP contribution is -1.95. The molecular weight excluding hydrogens is 204 g/mol. The second kappa shape index (κ2) is 8.11. The zero-order chi connectivity index (χ0) is 13.4. The highest BCUT2D eigenvalue weighted by molar-refractivity contribution is 5.39. The molecule has 0 aromatic carbocycles. The van der Waals surface area contributed by atoms with Gasteiger partial charge < -0.3 is 0 Å². The van der Waals surface area contributed by atoms with Gasteiger partial charge in [0, 0.05) is 0 Å². The molecule has 0 spiro atoms. The summed E-state index contributed by atoms with van der Waals surface area (Å²) in [7, 11) is 0. The molecule has 0 aliphatic carbocycles. The fourth-order valence-electron chi connectivity index (χ4n) is 1.46. The van der Waals surface area contributed by atoms with Crippen LogP contribution in [0.3, 0.4) is 0 Å². The molecule has 0 bridgehead atoms. The van der Waals surface area contributed by atoms with Crippen molar-refractivity contribution in [2.24, 2.45) is 5.92 Å². The first kappa shape index (κ1) is 16.0. The van der Waals surface area contributed by atoms with Crippen LogP contribution in [0.5, 0.6) is 0 Å². The molecule has 0 saturated carbocycles. The van der Waals surface area contributed by atoms with Crippen molar-refractivity contribution in [3.63, 3.8) is 0 Å². The summed E-state index contributed by atoms with van der Waals surface area (Å²) in [5.74, 6) is 0.660. The molecule has 0 amide bonds. The van der Waals surface area contributed by atoms with E-state index >= 15 is 0 Å². The van der Waals surface area contributed by atoms with Gasteiger partial charge in [0.25, 0.3) is 0 Å². The van der Waals surface area contributed by atoms with Crippen LogP contribution in [0.1, 0.15) is 54.4 Å². The quantitative estimate of drug-likeness (QED) is 0.505. The fourth-order valence-corrected chi connectivity index (χ4v) is 1.46. The number of allylic oxidation sites excluding steroid dienone is 7. The van der Waals surface area contributed by atoms with E-state index in [4.69, 9.17) is 0 Å². The van der Waals surface area contributed by atoms with Gasteiger partial charge in [-0.2, -0.15) is 0 Å². The van der Waals surface area contributed by atoms with Crippen molar-refractivity contribution < 1.29 is 0 Å². The molecule has 0 heteroatoms. The Labute approximate surface area is 108 Å². The zero-order valence-electron chi connectivity index (χ0n) is 12.4. The average Bonchev–Trinajstić information content (AvgIpc) is 2.31. The molecule has 0 fully saturated rings. The highest BCUT2D eigenvalue weighted by Crippen LogP contribution is 2.19. The summed E-state index contributed by atoms with van der Waals surface area (Å²) in [5.41, 5.74) is 5.33. The Morgan fingerprint density at radius 1 is 1.12 bits per heavy atom. The number of rotatable bonds is 6. The maximum absolute atomic E-state index is 3.91.